The van der Waals surface area contributed by atoms with Crippen molar-refractivity contribution in [3.05, 3.63) is 5.21 Å². The number of quaternary nitrogens is 1. The first-order valence-corrected chi connectivity index (χ1v) is 4.48. The van der Waals surface area contributed by atoms with Crippen LogP contribution in [-0.4, -0.2) is 58.6 Å². The molecule has 1 rings (SSSR count). The molecule has 3 N–H and O–H groups in total. The van der Waals surface area contributed by atoms with Gasteiger partial charge in [0.2, 0.25) is 0 Å². The number of hydrogen-bond donors (Lipinski definition) is 3. The van der Waals surface area contributed by atoms with Gasteiger partial charge in [-0.3, -0.25) is 9.97 Å². The lowest BCUT2D eigenvalue weighted by Gasteiger charge is -2.30. The molecule has 0 radical (unpaired) electrons. The van der Waals surface area contributed by atoms with Gasteiger partial charge in [0.1, 0.15) is 0 Å². The van der Waals surface area contributed by atoms with Crippen molar-refractivity contribution < 1.29 is 20.2 Å². The minimum absolute atomic E-state index is 0.0922. The van der Waals surface area contributed by atoms with E-state index < -0.39 is 6.04 Å². The second kappa shape index (κ2) is 4.67. The number of hydrazine groups is 1. The Morgan fingerprint density at radius 1 is 1.43 bits per heavy atom. The Hall–Kier alpha value is -0.730. The SMILES string of the molecule is CC1C(=O)N(CCO)N(CCO)[NH+]1[O-]. The molecule has 0 spiro atoms. The molecule has 1 fully saturated rings. The maximum atomic E-state index is 11.5. The standard InChI is InChI=1S/C7H15N3O4/c1-6-7(13)8(2-4-11)9(3-5-12)10(6)14/h6,10-12H,2-5H2,1H3. The van der Waals surface area contributed by atoms with Crippen molar-refractivity contribution in [3.63, 3.8) is 0 Å². The first-order valence-electron chi connectivity index (χ1n) is 4.48. The summed E-state index contributed by atoms with van der Waals surface area (Å²) in [6.45, 7) is 1.30. The van der Waals surface area contributed by atoms with Gasteiger partial charge in [0.15, 0.2) is 6.04 Å². The third-order valence-corrected chi connectivity index (χ3v) is 2.16. The van der Waals surface area contributed by atoms with Crippen molar-refractivity contribution in [2.45, 2.75) is 13.0 Å². The van der Waals surface area contributed by atoms with E-state index in [9.17, 15) is 10.0 Å². The number of β-amino-alcohol motifs (C(OH)–C–C–N with tert-alkyl or cyclic N) is 2. The molecule has 0 aromatic rings. The van der Waals surface area contributed by atoms with E-state index in [2.05, 4.69) is 0 Å². The lowest BCUT2D eigenvalue weighted by Crippen LogP contribution is -3.15. The van der Waals surface area contributed by atoms with E-state index in [1.54, 1.807) is 0 Å². The lowest BCUT2D eigenvalue weighted by molar-refractivity contribution is -0.989. The van der Waals surface area contributed by atoms with Gasteiger partial charge in [-0.25, -0.2) is 5.01 Å². The zero-order chi connectivity index (χ0) is 10.7. The fourth-order valence-electron chi connectivity index (χ4n) is 1.44. The summed E-state index contributed by atoms with van der Waals surface area (Å²) < 4.78 is 0. The van der Waals surface area contributed by atoms with Crippen LogP contribution in [0.15, 0.2) is 0 Å². The molecule has 7 nitrogen and oxygen atoms in total. The highest BCUT2D eigenvalue weighted by atomic mass is 16.6. The van der Waals surface area contributed by atoms with Crippen LogP contribution in [0.2, 0.25) is 0 Å². The first kappa shape index (κ1) is 11.3. The van der Waals surface area contributed by atoms with E-state index in [0.717, 1.165) is 0 Å². The smallest absolute Gasteiger partial charge is 0.301 e. The van der Waals surface area contributed by atoms with Gasteiger partial charge in [-0.1, -0.05) is 5.12 Å². The van der Waals surface area contributed by atoms with Gasteiger partial charge >= 0.3 is 5.91 Å². The maximum Gasteiger partial charge on any atom is 0.301 e. The highest BCUT2D eigenvalue weighted by Crippen LogP contribution is 2.02. The molecule has 1 saturated heterocycles. The molecule has 2 unspecified atom stereocenters. The van der Waals surface area contributed by atoms with E-state index in [4.69, 9.17) is 10.2 Å². The summed E-state index contributed by atoms with van der Waals surface area (Å²) in [6.07, 6.45) is 0. The molecule has 1 aliphatic rings. The second-order valence-corrected chi connectivity index (χ2v) is 3.09. The molecule has 0 saturated carbocycles. The summed E-state index contributed by atoms with van der Waals surface area (Å²) in [6, 6.07) is -0.701. The number of rotatable bonds is 4. The van der Waals surface area contributed by atoms with Crippen molar-refractivity contribution in [1.82, 2.24) is 10.1 Å². The van der Waals surface area contributed by atoms with Crippen LogP contribution < -0.4 is 5.17 Å². The molecule has 1 heterocycles. The average Bonchev–Trinajstić information content (AvgIpc) is 2.36. The van der Waals surface area contributed by atoms with Gasteiger partial charge in [0.25, 0.3) is 0 Å². The Morgan fingerprint density at radius 3 is 2.50 bits per heavy atom. The minimum Gasteiger partial charge on any atom is -0.611 e. The predicted molar refractivity (Wildman–Crippen MR) is 46.4 cm³/mol. The van der Waals surface area contributed by atoms with Crippen LogP contribution in [0.25, 0.3) is 0 Å². The number of aliphatic hydroxyl groups is 2. The van der Waals surface area contributed by atoms with Crippen molar-refractivity contribution in [2.24, 2.45) is 0 Å². The predicted octanol–water partition coefficient (Wildman–Crippen LogP) is -3.28. The number of nitrogens with zero attached hydrogens (tertiary/aromatic N) is 2. The summed E-state index contributed by atoms with van der Waals surface area (Å²) in [5, 5.41) is 30.9. The third kappa shape index (κ3) is 1.86. The monoisotopic (exact) mass is 205 g/mol. The fourth-order valence-corrected chi connectivity index (χ4v) is 1.44. The number of amides is 1. The summed E-state index contributed by atoms with van der Waals surface area (Å²) in [7, 11) is 0. The molecule has 1 amide bonds. The number of hydroxylamine groups is 1. The lowest BCUT2D eigenvalue weighted by atomic mass is 10.3. The first-order chi connectivity index (χ1) is 6.63. The van der Waals surface area contributed by atoms with Crippen molar-refractivity contribution in [3.8, 4) is 0 Å². The van der Waals surface area contributed by atoms with Gasteiger partial charge in [0.05, 0.1) is 26.3 Å². The largest absolute Gasteiger partial charge is 0.611 e. The molecule has 0 bridgehead atoms. The van der Waals surface area contributed by atoms with Gasteiger partial charge in [0, 0.05) is 0 Å². The molecule has 7 heteroatoms. The van der Waals surface area contributed by atoms with E-state index in [1.165, 1.54) is 17.1 Å². The summed E-state index contributed by atoms with van der Waals surface area (Å²) >= 11 is 0. The highest BCUT2D eigenvalue weighted by molar-refractivity contribution is 5.80. The van der Waals surface area contributed by atoms with Crippen LogP contribution in [0.4, 0.5) is 0 Å². The Bertz CT molecular complexity index is 213. The quantitative estimate of drug-likeness (QED) is 0.419. The molecule has 82 valence electrons. The van der Waals surface area contributed by atoms with E-state index in [0.29, 0.717) is 0 Å². The number of hydrogen-bond acceptors (Lipinski definition) is 5. The van der Waals surface area contributed by atoms with E-state index in [1.807, 2.05) is 0 Å². The topological polar surface area (TPSA) is 91.5 Å². The van der Waals surface area contributed by atoms with Crippen LogP contribution in [-0.2, 0) is 4.79 Å². The van der Waals surface area contributed by atoms with Crippen LogP contribution in [0.5, 0.6) is 0 Å². The van der Waals surface area contributed by atoms with Gasteiger partial charge < -0.3 is 15.4 Å². The molecule has 14 heavy (non-hydrogen) atoms. The number of carbonyl (C=O) groups is 1. The summed E-state index contributed by atoms with van der Waals surface area (Å²) in [4.78, 5) is 11.5. The Labute approximate surface area is 81.6 Å². The Morgan fingerprint density at radius 2 is 2.00 bits per heavy atom. The fraction of sp³-hybridized carbons (Fsp3) is 0.857. The van der Waals surface area contributed by atoms with Crippen molar-refractivity contribution >= 4 is 5.91 Å². The second-order valence-electron chi connectivity index (χ2n) is 3.09. The highest BCUT2D eigenvalue weighted by Gasteiger charge is 2.41. The molecule has 0 aromatic carbocycles. The normalized spacial score (nSPS) is 28.9. The zero-order valence-corrected chi connectivity index (χ0v) is 8.01. The molecule has 0 aliphatic carbocycles. The van der Waals surface area contributed by atoms with E-state index in [-0.39, 0.29) is 37.4 Å². The Kier molecular flexibility index (Phi) is 3.78. The number of aliphatic hydroxyl groups excluding tert-OH is 2. The molecule has 0 aromatic heterocycles. The van der Waals surface area contributed by atoms with Crippen molar-refractivity contribution in [1.29, 1.82) is 0 Å². The van der Waals surface area contributed by atoms with E-state index >= 15 is 0 Å². The number of nitrogens with one attached hydrogen (secondary N) is 1. The average molecular weight is 205 g/mol. The van der Waals surface area contributed by atoms with Crippen LogP contribution in [0, 0.1) is 5.21 Å². The van der Waals surface area contributed by atoms with Crippen LogP contribution in [0.1, 0.15) is 6.92 Å². The van der Waals surface area contributed by atoms with Gasteiger partial charge in [-0.2, -0.15) is 0 Å². The molecular formula is C7H15N3O4. The van der Waals surface area contributed by atoms with Crippen LogP contribution >= 0.6 is 0 Å². The molecule has 2 atom stereocenters. The Balaban J connectivity index is 2.72. The summed E-state index contributed by atoms with van der Waals surface area (Å²) in [5.74, 6) is -0.322. The maximum absolute atomic E-state index is 11.5. The summed E-state index contributed by atoms with van der Waals surface area (Å²) in [5.41, 5.74) is 0. The minimum atomic E-state index is -0.701. The molecular weight excluding hydrogens is 190 g/mol. The van der Waals surface area contributed by atoms with Crippen LogP contribution in [0.3, 0.4) is 0 Å². The third-order valence-electron chi connectivity index (χ3n) is 2.16. The van der Waals surface area contributed by atoms with Crippen molar-refractivity contribution in [2.75, 3.05) is 26.3 Å². The van der Waals surface area contributed by atoms with Gasteiger partial charge in [-0.15, -0.1) is 0 Å². The zero-order valence-electron chi connectivity index (χ0n) is 8.01. The van der Waals surface area contributed by atoms with Gasteiger partial charge in [-0.05, 0) is 6.92 Å². The molecule has 1 aliphatic heterocycles. The number of carbonyl (C=O) groups excluding carboxylic acids is 1.